The molecular formula is C15H18N2O4S. The molecule has 0 saturated heterocycles. The number of carbonyl (C=O) groups is 2. The van der Waals surface area contributed by atoms with Crippen LogP contribution in [0.4, 0.5) is 10.5 Å². The van der Waals surface area contributed by atoms with Gasteiger partial charge in [0.05, 0.1) is 23.2 Å². The van der Waals surface area contributed by atoms with Crippen LogP contribution in [0, 0.1) is 0 Å². The lowest BCUT2D eigenvalue weighted by molar-refractivity contribution is 0.0531. The SMILES string of the molecule is CCOC(=O)c1cc2cncc(NC(=O)OC(C)(C)C)c2s1. The maximum absolute atomic E-state index is 11.9. The van der Waals surface area contributed by atoms with Gasteiger partial charge in [0.2, 0.25) is 0 Å². The monoisotopic (exact) mass is 322 g/mol. The van der Waals surface area contributed by atoms with E-state index in [0.29, 0.717) is 17.2 Å². The van der Waals surface area contributed by atoms with Crippen LogP contribution in [0.1, 0.15) is 37.4 Å². The third kappa shape index (κ3) is 3.94. The number of ether oxygens (including phenoxy) is 2. The number of hydrogen-bond acceptors (Lipinski definition) is 6. The first-order valence-electron chi connectivity index (χ1n) is 6.85. The zero-order valence-corrected chi connectivity index (χ0v) is 13.7. The third-order valence-electron chi connectivity index (χ3n) is 2.53. The van der Waals surface area contributed by atoms with Gasteiger partial charge in [-0.15, -0.1) is 11.3 Å². The highest BCUT2D eigenvalue weighted by Gasteiger charge is 2.19. The normalized spacial score (nSPS) is 11.3. The summed E-state index contributed by atoms with van der Waals surface area (Å²) in [5, 5.41) is 3.43. The lowest BCUT2D eigenvalue weighted by Gasteiger charge is -2.19. The van der Waals surface area contributed by atoms with Crippen molar-refractivity contribution in [2.75, 3.05) is 11.9 Å². The Hall–Kier alpha value is -2.15. The highest BCUT2D eigenvalue weighted by molar-refractivity contribution is 7.21. The summed E-state index contributed by atoms with van der Waals surface area (Å²) in [6.07, 6.45) is 2.60. The van der Waals surface area contributed by atoms with Gasteiger partial charge in [-0.05, 0) is 33.8 Å². The van der Waals surface area contributed by atoms with Crippen molar-refractivity contribution in [1.82, 2.24) is 4.98 Å². The molecule has 0 aromatic carbocycles. The maximum atomic E-state index is 11.9. The van der Waals surface area contributed by atoms with Gasteiger partial charge >= 0.3 is 12.1 Å². The largest absolute Gasteiger partial charge is 0.462 e. The van der Waals surface area contributed by atoms with E-state index in [9.17, 15) is 9.59 Å². The number of aromatic nitrogens is 1. The van der Waals surface area contributed by atoms with Gasteiger partial charge in [-0.3, -0.25) is 10.3 Å². The molecule has 0 bridgehead atoms. The van der Waals surface area contributed by atoms with Crippen molar-refractivity contribution >= 4 is 39.2 Å². The smallest absolute Gasteiger partial charge is 0.412 e. The van der Waals surface area contributed by atoms with Crippen molar-refractivity contribution < 1.29 is 19.1 Å². The van der Waals surface area contributed by atoms with Crippen molar-refractivity contribution in [1.29, 1.82) is 0 Å². The molecule has 2 rings (SSSR count). The van der Waals surface area contributed by atoms with Crippen LogP contribution >= 0.6 is 11.3 Å². The fourth-order valence-electron chi connectivity index (χ4n) is 1.77. The number of hydrogen-bond donors (Lipinski definition) is 1. The zero-order chi connectivity index (χ0) is 16.3. The molecule has 0 saturated carbocycles. The number of esters is 1. The van der Waals surface area contributed by atoms with Gasteiger partial charge in [0.1, 0.15) is 10.5 Å². The van der Waals surface area contributed by atoms with E-state index in [2.05, 4.69) is 10.3 Å². The van der Waals surface area contributed by atoms with Gasteiger partial charge in [0.15, 0.2) is 0 Å². The standard InChI is InChI=1S/C15H18N2O4S/c1-5-20-13(18)11-6-9-7-16-8-10(12(9)22-11)17-14(19)21-15(2,3)4/h6-8H,5H2,1-4H3,(H,17,19). The van der Waals surface area contributed by atoms with Gasteiger partial charge in [0.25, 0.3) is 0 Å². The van der Waals surface area contributed by atoms with E-state index in [1.165, 1.54) is 17.5 Å². The number of pyridine rings is 1. The molecule has 1 N–H and O–H groups in total. The molecule has 0 aliphatic rings. The number of thiophene rings is 1. The number of carbonyl (C=O) groups excluding carboxylic acids is 2. The van der Waals surface area contributed by atoms with Crippen LogP contribution in [0.15, 0.2) is 18.5 Å². The first-order chi connectivity index (χ1) is 10.3. The molecule has 2 heterocycles. The van der Waals surface area contributed by atoms with Crippen LogP contribution in [0.2, 0.25) is 0 Å². The van der Waals surface area contributed by atoms with Crippen molar-refractivity contribution in [3.05, 3.63) is 23.3 Å². The van der Waals surface area contributed by atoms with Gasteiger partial charge < -0.3 is 9.47 Å². The number of rotatable bonds is 3. The van der Waals surface area contributed by atoms with Crippen LogP contribution in [0.25, 0.3) is 10.1 Å². The first-order valence-corrected chi connectivity index (χ1v) is 7.66. The fraction of sp³-hybridized carbons (Fsp3) is 0.400. The second-order valence-corrected chi connectivity index (χ2v) is 6.62. The summed E-state index contributed by atoms with van der Waals surface area (Å²) in [6, 6.07) is 1.70. The molecule has 0 spiro atoms. The summed E-state index contributed by atoms with van der Waals surface area (Å²) in [4.78, 5) is 28.2. The molecule has 7 heteroatoms. The summed E-state index contributed by atoms with van der Waals surface area (Å²) >= 11 is 1.25. The Bertz CT molecular complexity index is 703. The average Bonchev–Trinajstić information content (AvgIpc) is 2.82. The highest BCUT2D eigenvalue weighted by Crippen LogP contribution is 2.31. The summed E-state index contributed by atoms with van der Waals surface area (Å²) in [5.74, 6) is -0.382. The topological polar surface area (TPSA) is 77.5 Å². The second kappa shape index (κ2) is 6.31. The Kier molecular flexibility index (Phi) is 4.65. The number of fused-ring (bicyclic) bond motifs is 1. The van der Waals surface area contributed by atoms with E-state index in [-0.39, 0.29) is 5.97 Å². The van der Waals surface area contributed by atoms with Crippen LogP contribution in [-0.2, 0) is 9.47 Å². The predicted octanol–water partition coefficient (Wildman–Crippen LogP) is 3.82. The van der Waals surface area contributed by atoms with Crippen LogP contribution in [-0.4, -0.2) is 29.3 Å². The van der Waals surface area contributed by atoms with Gasteiger partial charge in [-0.2, -0.15) is 0 Å². The van der Waals surface area contributed by atoms with Gasteiger partial charge in [0, 0.05) is 11.6 Å². The zero-order valence-electron chi connectivity index (χ0n) is 12.9. The lowest BCUT2D eigenvalue weighted by atomic mass is 10.2. The number of anilines is 1. The van der Waals surface area contributed by atoms with Crippen LogP contribution < -0.4 is 5.32 Å². The summed E-state index contributed by atoms with van der Waals surface area (Å²) in [6.45, 7) is 7.43. The van der Waals surface area contributed by atoms with Crippen LogP contribution in [0.5, 0.6) is 0 Å². The number of nitrogens with one attached hydrogen (secondary N) is 1. The minimum Gasteiger partial charge on any atom is -0.462 e. The van der Waals surface area contributed by atoms with Gasteiger partial charge in [-0.25, -0.2) is 9.59 Å². The van der Waals surface area contributed by atoms with Crippen molar-refractivity contribution in [2.45, 2.75) is 33.3 Å². The third-order valence-corrected chi connectivity index (χ3v) is 3.70. The molecule has 0 aliphatic carbocycles. The fourth-order valence-corrected chi connectivity index (χ4v) is 2.76. The second-order valence-electron chi connectivity index (χ2n) is 5.56. The molecule has 2 aromatic rings. The molecule has 1 amide bonds. The Morgan fingerprint density at radius 2 is 2.05 bits per heavy atom. The first kappa shape index (κ1) is 16.2. The molecule has 0 radical (unpaired) electrons. The average molecular weight is 322 g/mol. The van der Waals surface area contributed by atoms with Crippen LogP contribution in [0.3, 0.4) is 0 Å². The maximum Gasteiger partial charge on any atom is 0.412 e. The summed E-state index contributed by atoms with van der Waals surface area (Å²) in [5.41, 5.74) is -0.0796. The van der Waals surface area contributed by atoms with Gasteiger partial charge in [-0.1, -0.05) is 0 Å². The van der Waals surface area contributed by atoms with E-state index >= 15 is 0 Å². The molecule has 0 unspecified atom stereocenters. The Morgan fingerprint density at radius 1 is 1.32 bits per heavy atom. The minimum atomic E-state index is -0.586. The number of nitrogens with zero attached hydrogens (tertiary/aromatic N) is 1. The Morgan fingerprint density at radius 3 is 2.68 bits per heavy atom. The molecular weight excluding hydrogens is 304 g/mol. The Balaban J connectivity index is 2.27. The van der Waals surface area contributed by atoms with Crippen molar-refractivity contribution in [3.8, 4) is 0 Å². The van der Waals surface area contributed by atoms with E-state index < -0.39 is 11.7 Å². The quantitative estimate of drug-likeness (QED) is 0.869. The highest BCUT2D eigenvalue weighted by atomic mass is 32.1. The minimum absolute atomic E-state index is 0.314. The summed E-state index contributed by atoms with van der Waals surface area (Å²) < 4.78 is 11.0. The summed E-state index contributed by atoms with van der Waals surface area (Å²) in [7, 11) is 0. The Labute approximate surface area is 132 Å². The van der Waals surface area contributed by atoms with E-state index in [0.717, 1.165) is 10.1 Å². The van der Waals surface area contributed by atoms with E-state index in [4.69, 9.17) is 9.47 Å². The van der Waals surface area contributed by atoms with Crippen molar-refractivity contribution in [3.63, 3.8) is 0 Å². The predicted molar refractivity (Wildman–Crippen MR) is 85.4 cm³/mol. The lowest BCUT2D eigenvalue weighted by Crippen LogP contribution is -2.27. The number of amides is 1. The molecule has 118 valence electrons. The molecule has 0 aliphatic heterocycles. The molecule has 22 heavy (non-hydrogen) atoms. The van der Waals surface area contributed by atoms with E-state index in [1.807, 2.05) is 0 Å². The molecule has 0 fully saturated rings. The molecule has 6 nitrogen and oxygen atoms in total. The molecule has 2 aromatic heterocycles. The molecule has 0 atom stereocenters. The van der Waals surface area contributed by atoms with E-state index in [1.54, 1.807) is 40.0 Å². The van der Waals surface area contributed by atoms with Crippen molar-refractivity contribution in [2.24, 2.45) is 0 Å².